The Morgan fingerprint density at radius 2 is 1.59 bits per heavy atom. The highest BCUT2D eigenvalue weighted by molar-refractivity contribution is 7.89. The quantitative estimate of drug-likeness (QED) is 0.231. The van der Waals surface area contributed by atoms with Crippen LogP contribution in [-0.4, -0.2) is 29.9 Å². The van der Waals surface area contributed by atoms with Crippen molar-refractivity contribution in [1.29, 1.82) is 0 Å². The molecular weight excluding hydrogens is 440 g/mol. The van der Waals surface area contributed by atoms with Crippen molar-refractivity contribution in [3.63, 3.8) is 0 Å². The van der Waals surface area contributed by atoms with E-state index in [0.29, 0.717) is 18.4 Å². The molecule has 0 unspecified atom stereocenters. The number of carbonyl (C=O) groups is 1. The van der Waals surface area contributed by atoms with Gasteiger partial charge in [0.25, 0.3) is 5.91 Å². The SMILES string of the molecule is O=C(NO)c1ccc(CN(C2CC2)S(=O)(=O)c2c(F)c(F)c(Cl)c(F)c2F)cc1. The van der Waals surface area contributed by atoms with E-state index in [4.69, 9.17) is 16.8 Å². The van der Waals surface area contributed by atoms with Crippen molar-refractivity contribution < 1.29 is 36.0 Å². The van der Waals surface area contributed by atoms with Crippen LogP contribution in [0.5, 0.6) is 0 Å². The maximum absolute atomic E-state index is 14.2. The van der Waals surface area contributed by atoms with Crippen molar-refractivity contribution in [3.8, 4) is 0 Å². The van der Waals surface area contributed by atoms with Crippen LogP contribution < -0.4 is 5.48 Å². The summed E-state index contributed by atoms with van der Waals surface area (Å²) in [5.41, 5.74) is 1.85. The molecule has 0 heterocycles. The second-order valence-corrected chi connectivity index (χ2v) is 8.52. The lowest BCUT2D eigenvalue weighted by molar-refractivity contribution is 0.0706. The molecule has 1 fully saturated rings. The maximum atomic E-state index is 14.2. The zero-order valence-corrected chi connectivity index (χ0v) is 16.0. The van der Waals surface area contributed by atoms with Crippen LogP contribution in [0, 0.1) is 23.3 Å². The van der Waals surface area contributed by atoms with Crippen molar-refractivity contribution in [2.75, 3.05) is 0 Å². The van der Waals surface area contributed by atoms with Gasteiger partial charge in [0.2, 0.25) is 10.0 Å². The summed E-state index contributed by atoms with van der Waals surface area (Å²) in [5, 5.41) is 7.13. The van der Waals surface area contributed by atoms with E-state index in [9.17, 15) is 30.8 Å². The van der Waals surface area contributed by atoms with Crippen molar-refractivity contribution in [1.82, 2.24) is 9.79 Å². The highest BCUT2D eigenvalue weighted by atomic mass is 35.5. The molecule has 1 aliphatic rings. The predicted octanol–water partition coefficient (Wildman–Crippen LogP) is 3.37. The van der Waals surface area contributed by atoms with Crippen LogP contribution in [0.25, 0.3) is 0 Å². The predicted molar refractivity (Wildman–Crippen MR) is 92.7 cm³/mol. The highest BCUT2D eigenvalue weighted by Gasteiger charge is 2.43. The van der Waals surface area contributed by atoms with Gasteiger partial charge in [0.1, 0.15) is 5.02 Å². The van der Waals surface area contributed by atoms with E-state index < -0.39 is 55.2 Å². The topological polar surface area (TPSA) is 86.7 Å². The molecule has 2 N–H and O–H groups in total. The van der Waals surface area contributed by atoms with E-state index in [1.54, 1.807) is 0 Å². The van der Waals surface area contributed by atoms with Gasteiger partial charge in [-0.25, -0.2) is 31.5 Å². The molecule has 2 aromatic rings. The molecule has 29 heavy (non-hydrogen) atoms. The lowest BCUT2D eigenvalue weighted by Crippen LogP contribution is -2.34. The standard InChI is InChI=1S/C17H13ClF4N2O4S/c18-11-12(19)14(21)16(15(22)13(11)20)29(27,28)24(10-5-6-10)7-8-1-3-9(4-2-8)17(25)23-26/h1-4,10,26H,5-7H2,(H,23,25). The van der Waals surface area contributed by atoms with E-state index in [1.807, 2.05) is 0 Å². The smallest absolute Gasteiger partial charge is 0.274 e. The van der Waals surface area contributed by atoms with Gasteiger partial charge < -0.3 is 0 Å². The summed E-state index contributed by atoms with van der Waals surface area (Å²) in [6.07, 6.45) is 0.790. The van der Waals surface area contributed by atoms with Crippen LogP contribution in [0.15, 0.2) is 29.2 Å². The number of sulfonamides is 1. The number of nitrogens with zero attached hydrogens (tertiary/aromatic N) is 1. The van der Waals surface area contributed by atoms with Gasteiger partial charge in [-0.05, 0) is 30.5 Å². The fourth-order valence-corrected chi connectivity index (χ4v) is 4.66. The molecule has 6 nitrogen and oxygen atoms in total. The van der Waals surface area contributed by atoms with Crippen LogP contribution in [0.3, 0.4) is 0 Å². The Morgan fingerprint density at radius 1 is 1.07 bits per heavy atom. The number of carbonyl (C=O) groups excluding carboxylic acids is 1. The average Bonchev–Trinajstić information content (AvgIpc) is 3.53. The van der Waals surface area contributed by atoms with Crippen molar-refractivity contribution in [3.05, 3.63) is 63.7 Å². The van der Waals surface area contributed by atoms with Gasteiger partial charge in [-0.15, -0.1) is 0 Å². The molecule has 1 amide bonds. The van der Waals surface area contributed by atoms with Gasteiger partial charge in [0.15, 0.2) is 28.2 Å². The number of hydrogen-bond donors (Lipinski definition) is 2. The molecule has 12 heteroatoms. The molecule has 0 atom stereocenters. The third-order valence-corrected chi connectivity index (χ3v) is 6.60. The summed E-state index contributed by atoms with van der Waals surface area (Å²) >= 11 is 5.16. The Balaban J connectivity index is 2.01. The molecule has 1 aliphatic carbocycles. The van der Waals surface area contributed by atoms with Crippen LogP contribution in [0.1, 0.15) is 28.8 Å². The minimum absolute atomic E-state index is 0.0796. The van der Waals surface area contributed by atoms with Gasteiger partial charge in [-0.3, -0.25) is 10.0 Å². The van der Waals surface area contributed by atoms with Crippen molar-refractivity contribution in [2.45, 2.75) is 30.3 Å². The summed E-state index contributed by atoms with van der Waals surface area (Å²) < 4.78 is 82.5. The molecule has 0 radical (unpaired) electrons. The Bertz CT molecular complexity index is 1050. The zero-order chi connectivity index (χ0) is 21.5. The third kappa shape index (κ3) is 3.95. The lowest BCUT2D eigenvalue weighted by Gasteiger charge is -2.23. The van der Waals surface area contributed by atoms with E-state index in [1.165, 1.54) is 29.7 Å². The normalized spacial score (nSPS) is 14.3. The van der Waals surface area contributed by atoms with Crippen molar-refractivity contribution in [2.24, 2.45) is 0 Å². The summed E-state index contributed by atoms with van der Waals surface area (Å²) in [7, 11) is -4.96. The van der Waals surface area contributed by atoms with Crippen LogP contribution in [0.4, 0.5) is 17.6 Å². The first-order chi connectivity index (χ1) is 13.6. The first-order valence-electron chi connectivity index (χ1n) is 8.16. The Labute approximate surface area is 167 Å². The van der Waals surface area contributed by atoms with E-state index >= 15 is 0 Å². The first-order valence-corrected chi connectivity index (χ1v) is 9.98. The number of benzene rings is 2. The molecule has 156 valence electrons. The summed E-state index contributed by atoms with van der Waals surface area (Å²) in [6.45, 7) is -0.362. The van der Waals surface area contributed by atoms with E-state index in [-0.39, 0.29) is 12.1 Å². The summed E-state index contributed by atoms with van der Waals surface area (Å²) in [6, 6.07) is 4.71. The number of hydroxylamine groups is 1. The molecule has 2 aromatic carbocycles. The van der Waals surface area contributed by atoms with Gasteiger partial charge in [-0.2, -0.15) is 4.31 Å². The molecule has 0 aromatic heterocycles. The van der Waals surface area contributed by atoms with E-state index in [0.717, 1.165) is 4.31 Å². The van der Waals surface area contributed by atoms with Crippen LogP contribution in [0.2, 0.25) is 5.02 Å². The zero-order valence-electron chi connectivity index (χ0n) is 14.4. The summed E-state index contributed by atoms with van der Waals surface area (Å²) in [5.74, 6) is -9.00. The average molecular weight is 453 g/mol. The van der Waals surface area contributed by atoms with Gasteiger partial charge in [0, 0.05) is 18.2 Å². The number of rotatable bonds is 6. The molecule has 3 rings (SSSR count). The molecule has 0 saturated heterocycles. The molecule has 0 bridgehead atoms. The number of halogens is 5. The van der Waals surface area contributed by atoms with Crippen molar-refractivity contribution >= 4 is 27.5 Å². The molecule has 0 aliphatic heterocycles. The fraction of sp³-hybridized carbons (Fsp3) is 0.235. The Kier molecular flexibility index (Phi) is 5.86. The fourth-order valence-electron chi connectivity index (χ4n) is 2.71. The second-order valence-electron chi connectivity index (χ2n) is 6.32. The lowest BCUT2D eigenvalue weighted by atomic mass is 10.1. The summed E-state index contributed by atoms with van der Waals surface area (Å²) in [4.78, 5) is 9.59. The maximum Gasteiger partial charge on any atom is 0.274 e. The molecular formula is C17H13ClF4N2O4S. The minimum Gasteiger partial charge on any atom is -0.288 e. The second kappa shape index (κ2) is 7.90. The highest BCUT2D eigenvalue weighted by Crippen LogP contribution is 2.37. The van der Waals surface area contributed by atoms with Gasteiger partial charge in [0.05, 0.1) is 0 Å². The Hall–Kier alpha value is -2.21. The number of nitrogens with one attached hydrogen (secondary N) is 1. The van der Waals surface area contributed by atoms with E-state index in [2.05, 4.69) is 0 Å². The van der Waals surface area contributed by atoms with Gasteiger partial charge in [-0.1, -0.05) is 23.7 Å². The van der Waals surface area contributed by atoms with Crippen LogP contribution >= 0.6 is 11.6 Å². The molecule has 0 spiro atoms. The third-order valence-electron chi connectivity index (χ3n) is 4.35. The largest absolute Gasteiger partial charge is 0.288 e. The minimum atomic E-state index is -4.96. The Morgan fingerprint density at radius 3 is 2.03 bits per heavy atom. The van der Waals surface area contributed by atoms with Gasteiger partial charge >= 0.3 is 0 Å². The molecule has 1 saturated carbocycles. The van der Waals surface area contributed by atoms with Crippen LogP contribution in [-0.2, 0) is 16.6 Å². The monoisotopic (exact) mass is 452 g/mol. The number of hydrogen-bond acceptors (Lipinski definition) is 4. The first kappa shape index (κ1) is 21.5. The number of amides is 1.